The van der Waals surface area contributed by atoms with Crippen molar-refractivity contribution >= 4 is 23.5 Å². The molecule has 116 valence electrons. The molecule has 0 aliphatic rings. The Balaban J connectivity index is 2.15. The molecule has 0 saturated heterocycles. The predicted octanol–water partition coefficient (Wildman–Crippen LogP) is 3.68. The summed E-state index contributed by atoms with van der Waals surface area (Å²) < 4.78 is 5.33. The summed E-state index contributed by atoms with van der Waals surface area (Å²) in [4.78, 5) is 23.3. The van der Waals surface area contributed by atoms with E-state index < -0.39 is 11.9 Å². The van der Waals surface area contributed by atoms with Crippen LogP contribution in [0.15, 0.2) is 34.7 Å². The molecule has 0 saturated carbocycles. The van der Waals surface area contributed by atoms with Crippen molar-refractivity contribution in [3.8, 4) is 0 Å². The first-order valence-electron chi connectivity index (χ1n) is 6.84. The van der Waals surface area contributed by atoms with Gasteiger partial charge in [0.05, 0.1) is 6.04 Å². The fraction of sp³-hybridized carbons (Fsp3) is 0.250. The average molecular weight is 322 g/mol. The zero-order chi connectivity index (χ0) is 16.3. The zero-order valence-electron chi connectivity index (χ0n) is 12.2. The van der Waals surface area contributed by atoms with Gasteiger partial charge in [0.25, 0.3) is 5.91 Å². The summed E-state index contributed by atoms with van der Waals surface area (Å²) in [5.74, 6) is -1.28. The second-order valence-electron chi connectivity index (χ2n) is 4.85. The zero-order valence-corrected chi connectivity index (χ0v) is 13.0. The van der Waals surface area contributed by atoms with Gasteiger partial charge in [-0.05, 0) is 24.6 Å². The van der Waals surface area contributed by atoms with E-state index >= 15 is 0 Å². The quantitative estimate of drug-likeness (QED) is 0.880. The first kappa shape index (κ1) is 16.1. The van der Waals surface area contributed by atoms with E-state index in [1.807, 2.05) is 19.1 Å². The number of furan rings is 1. The number of benzene rings is 1. The Morgan fingerprint density at radius 2 is 1.95 bits per heavy atom. The van der Waals surface area contributed by atoms with Gasteiger partial charge >= 0.3 is 5.97 Å². The molecule has 2 N–H and O–H groups in total. The summed E-state index contributed by atoms with van der Waals surface area (Å²) in [6.45, 7) is 3.59. The maximum atomic E-state index is 12.2. The Morgan fingerprint density at radius 3 is 2.45 bits per heavy atom. The lowest BCUT2D eigenvalue weighted by Crippen LogP contribution is -2.26. The van der Waals surface area contributed by atoms with Crippen LogP contribution in [0.5, 0.6) is 0 Å². The molecule has 1 unspecified atom stereocenters. The molecule has 0 aliphatic heterocycles. The monoisotopic (exact) mass is 321 g/mol. The number of carbonyl (C=O) groups is 2. The van der Waals surface area contributed by atoms with Crippen molar-refractivity contribution in [1.29, 1.82) is 0 Å². The lowest BCUT2D eigenvalue weighted by atomic mass is 10.1. The van der Waals surface area contributed by atoms with Gasteiger partial charge in [-0.15, -0.1) is 0 Å². The van der Waals surface area contributed by atoms with E-state index in [1.54, 1.807) is 19.1 Å². The fourth-order valence-corrected chi connectivity index (χ4v) is 2.21. The topological polar surface area (TPSA) is 79.5 Å². The molecule has 0 fully saturated rings. The lowest BCUT2D eigenvalue weighted by Gasteiger charge is -2.13. The van der Waals surface area contributed by atoms with Crippen LogP contribution >= 0.6 is 11.6 Å². The minimum absolute atomic E-state index is 0.00457. The Labute approximate surface area is 132 Å². The molecular formula is C16H16ClNO4. The van der Waals surface area contributed by atoms with Crippen LogP contribution in [0.25, 0.3) is 0 Å². The van der Waals surface area contributed by atoms with Crippen molar-refractivity contribution in [2.24, 2.45) is 0 Å². The van der Waals surface area contributed by atoms with Crippen LogP contribution in [0.4, 0.5) is 0 Å². The van der Waals surface area contributed by atoms with Gasteiger partial charge in [0.1, 0.15) is 11.3 Å². The van der Waals surface area contributed by atoms with E-state index in [0.717, 1.165) is 5.56 Å². The van der Waals surface area contributed by atoms with Gasteiger partial charge in [-0.2, -0.15) is 0 Å². The summed E-state index contributed by atoms with van der Waals surface area (Å²) in [5, 5.41) is 12.5. The highest BCUT2D eigenvalue weighted by molar-refractivity contribution is 6.30. The molecule has 1 aromatic heterocycles. The Morgan fingerprint density at radius 1 is 1.32 bits per heavy atom. The maximum Gasteiger partial charge on any atom is 0.339 e. The number of carbonyl (C=O) groups excluding carboxylic acids is 1. The molecule has 22 heavy (non-hydrogen) atoms. The summed E-state index contributed by atoms with van der Waals surface area (Å²) in [5.41, 5.74) is 0.908. The third-order valence-corrected chi connectivity index (χ3v) is 3.55. The summed E-state index contributed by atoms with van der Waals surface area (Å²) in [6, 6.07) is 8.11. The Kier molecular flexibility index (Phi) is 4.88. The van der Waals surface area contributed by atoms with E-state index in [-0.39, 0.29) is 23.1 Å². The largest absolute Gasteiger partial charge is 0.478 e. The highest BCUT2D eigenvalue weighted by Crippen LogP contribution is 2.19. The van der Waals surface area contributed by atoms with Gasteiger partial charge in [-0.1, -0.05) is 30.7 Å². The molecule has 1 heterocycles. The van der Waals surface area contributed by atoms with Crippen molar-refractivity contribution < 1.29 is 19.1 Å². The van der Waals surface area contributed by atoms with E-state index in [4.69, 9.17) is 21.1 Å². The Bertz CT molecular complexity index is 691. The highest BCUT2D eigenvalue weighted by Gasteiger charge is 2.21. The van der Waals surface area contributed by atoms with Crippen LogP contribution < -0.4 is 5.32 Å². The second-order valence-corrected chi connectivity index (χ2v) is 5.29. The van der Waals surface area contributed by atoms with Crippen LogP contribution in [0, 0.1) is 0 Å². The molecule has 0 bridgehead atoms. The molecule has 1 amide bonds. The fourth-order valence-electron chi connectivity index (χ4n) is 2.09. The van der Waals surface area contributed by atoms with Crippen LogP contribution in [0.3, 0.4) is 0 Å². The minimum Gasteiger partial charge on any atom is -0.478 e. The van der Waals surface area contributed by atoms with Crippen molar-refractivity contribution in [2.45, 2.75) is 26.3 Å². The van der Waals surface area contributed by atoms with Gasteiger partial charge in [0, 0.05) is 17.5 Å². The van der Waals surface area contributed by atoms with E-state index in [0.29, 0.717) is 11.4 Å². The number of amides is 1. The molecule has 0 aliphatic carbocycles. The number of hydrogen-bond donors (Lipinski definition) is 2. The van der Waals surface area contributed by atoms with Gasteiger partial charge < -0.3 is 14.8 Å². The summed E-state index contributed by atoms with van der Waals surface area (Å²) in [6.07, 6.45) is 0.404. The SMILES string of the molecule is CCc1oc(C(=O)NC(C)c2ccc(Cl)cc2)cc1C(=O)O. The maximum absolute atomic E-state index is 12.2. The van der Waals surface area contributed by atoms with E-state index in [1.165, 1.54) is 6.07 Å². The third kappa shape index (κ3) is 3.49. The number of aromatic carboxylic acids is 1. The molecule has 0 spiro atoms. The van der Waals surface area contributed by atoms with E-state index in [9.17, 15) is 9.59 Å². The van der Waals surface area contributed by atoms with Crippen LogP contribution in [-0.4, -0.2) is 17.0 Å². The first-order valence-corrected chi connectivity index (χ1v) is 7.22. The number of halogens is 1. The van der Waals surface area contributed by atoms with E-state index in [2.05, 4.69) is 5.32 Å². The standard InChI is InChI=1S/C16H16ClNO4/c1-3-13-12(16(20)21)8-14(22-13)15(19)18-9(2)10-4-6-11(17)7-5-10/h4-9H,3H2,1-2H3,(H,18,19)(H,20,21). The summed E-state index contributed by atoms with van der Waals surface area (Å²) in [7, 11) is 0. The van der Waals surface area contributed by atoms with Gasteiger partial charge in [0.15, 0.2) is 5.76 Å². The van der Waals surface area contributed by atoms with Crippen molar-refractivity contribution in [2.75, 3.05) is 0 Å². The van der Waals surface area contributed by atoms with Crippen LogP contribution in [0.1, 0.15) is 52.1 Å². The third-order valence-electron chi connectivity index (χ3n) is 3.30. The van der Waals surface area contributed by atoms with Crippen molar-refractivity contribution in [1.82, 2.24) is 5.32 Å². The molecule has 1 atom stereocenters. The normalized spacial score (nSPS) is 12.0. The number of carboxylic acids is 1. The van der Waals surface area contributed by atoms with Crippen LogP contribution in [0.2, 0.25) is 5.02 Å². The van der Waals surface area contributed by atoms with Crippen LogP contribution in [-0.2, 0) is 6.42 Å². The van der Waals surface area contributed by atoms with Gasteiger partial charge in [0.2, 0.25) is 0 Å². The molecule has 0 radical (unpaired) electrons. The van der Waals surface area contributed by atoms with Crippen molar-refractivity contribution in [3.63, 3.8) is 0 Å². The minimum atomic E-state index is -1.11. The summed E-state index contributed by atoms with van der Waals surface area (Å²) >= 11 is 5.83. The molecule has 2 rings (SSSR count). The second kappa shape index (κ2) is 6.66. The lowest BCUT2D eigenvalue weighted by molar-refractivity contribution is 0.0694. The average Bonchev–Trinajstić information content (AvgIpc) is 2.92. The molecule has 2 aromatic rings. The number of nitrogens with one attached hydrogen (secondary N) is 1. The predicted molar refractivity (Wildman–Crippen MR) is 82.4 cm³/mol. The number of hydrogen-bond acceptors (Lipinski definition) is 3. The highest BCUT2D eigenvalue weighted by atomic mass is 35.5. The molecule has 5 nitrogen and oxygen atoms in total. The van der Waals surface area contributed by atoms with Gasteiger partial charge in [-0.25, -0.2) is 4.79 Å². The number of aryl methyl sites for hydroxylation is 1. The van der Waals surface area contributed by atoms with Gasteiger partial charge in [-0.3, -0.25) is 4.79 Å². The first-order chi connectivity index (χ1) is 10.4. The number of rotatable bonds is 5. The number of carboxylic acid groups (broad SMARTS) is 1. The smallest absolute Gasteiger partial charge is 0.339 e. The molecule has 1 aromatic carbocycles. The molecule has 6 heteroatoms. The van der Waals surface area contributed by atoms with Crippen molar-refractivity contribution in [3.05, 3.63) is 58.0 Å². The molecular weight excluding hydrogens is 306 g/mol. The Hall–Kier alpha value is -2.27.